The summed E-state index contributed by atoms with van der Waals surface area (Å²) in [5.41, 5.74) is -1.49. The van der Waals surface area contributed by atoms with Gasteiger partial charge in [-0.3, -0.25) is 0 Å². The average molecular weight is 214 g/mol. The molecule has 3 heteroatoms. The van der Waals surface area contributed by atoms with Crippen molar-refractivity contribution in [2.75, 3.05) is 0 Å². The molecule has 0 aromatic carbocycles. The predicted octanol–water partition coefficient (Wildman–Crippen LogP) is 2.43. The van der Waals surface area contributed by atoms with E-state index in [0.29, 0.717) is 12.3 Å². The van der Waals surface area contributed by atoms with E-state index in [2.05, 4.69) is 6.92 Å². The first kappa shape index (κ1) is 12.5. The molecule has 2 N–H and O–H groups in total. The van der Waals surface area contributed by atoms with Gasteiger partial charge in [-0.2, -0.15) is 0 Å². The standard InChI is InChI=1S/C12H22O3/c1-3-9-6-5-7-10(8-9)12(15,4-2)11(13)14/h9-10,15H,3-8H2,1-2H3,(H,13,14). The Labute approximate surface area is 91.5 Å². The molecule has 3 nitrogen and oxygen atoms in total. The molecule has 0 spiro atoms. The number of carboxylic acids is 1. The monoisotopic (exact) mass is 214 g/mol. The first-order valence-electron chi connectivity index (χ1n) is 6.00. The van der Waals surface area contributed by atoms with E-state index >= 15 is 0 Å². The van der Waals surface area contributed by atoms with Gasteiger partial charge in [-0.1, -0.05) is 33.1 Å². The molecule has 0 aromatic heterocycles. The van der Waals surface area contributed by atoms with Crippen molar-refractivity contribution in [1.82, 2.24) is 0 Å². The molecule has 15 heavy (non-hydrogen) atoms. The van der Waals surface area contributed by atoms with Crippen LogP contribution < -0.4 is 0 Å². The van der Waals surface area contributed by atoms with Crippen LogP contribution in [0.4, 0.5) is 0 Å². The van der Waals surface area contributed by atoms with E-state index in [-0.39, 0.29) is 5.92 Å². The summed E-state index contributed by atoms with van der Waals surface area (Å²) in [6.07, 6.45) is 5.37. The van der Waals surface area contributed by atoms with Crippen LogP contribution >= 0.6 is 0 Å². The zero-order chi connectivity index (χ0) is 11.5. The van der Waals surface area contributed by atoms with Crippen molar-refractivity contribution in [1.29, 1.82) is 0 Å². The van der Waals surface area contributed by atoms with Crippen molar-refractivity contribution in [3.63, 3.8) is 0 Å². The minimum absolute atomic E-state index is 0.0568. The van der Waals surface area contributed by atoms with Crippen LogP contribution in [0.3, 0.4) is 0 Å². The van der Waals surface area contributed by atoms with Crippen LogP contribution in [0, 0.1) is 11.8 Å². The van der Waals surface area contributed by atoms with Gasteiger partial charge in [0.05, 0.1) is 0 Å². The van der Waals surface area contributed by atoms with Crippen LogP contribution in [-0.4, -0.2) is 21.8 Å². The van der Waals surface area contributed by atoms with E-state index in [1.807, 2.05) is 0 Å². The molecule has 1 saturated carbocycles. The van der Waals surface area contributed by atoms with Gasteiger partial charge >= 0.3 is 5.97 Å². The third-order valence-electron chi connectivity index (χ3n) is 3.94. The summed E-state index contributed by atoms with van der Waals surface area (Å²) in [7, 11) is 0. The summed E-state index contributed by atoms with van der Waals surface area (Å²) < 4.78 is 0. The van der Waals surface area contributed by atoms with Crippen LogP contribution in [0.25, 0.3) is 0 Å². The maximum absolute atomic E-state index is 11.1. The third kappa shape index (κ3) is 2.51. The molecule has 1 rings (SSSR count). The quantitative estimate of drug-likeness (QED) is 0.755. The van der Waals surface area contributed by atoms with Crippen LogP contribution in [0.2, 0.25) is 0 Å². The molecule has 1 aliphatic carbocycles. The van der Waals surface area contributed by atoms with Crippen molar-refractivity contribution in [3.8, 4) is 0 Å². The number of rotatable bonds is 4. The zero-order valence-electron chi connectivity index (χ0n) is 9.70. The molecule has 0 bridgehead atoms. The molecule has 3 unspecified atom stereocenters. The lowest BCUT2D eigenvalue weighted by atomic mass is 9.71. The molecule has 0 heterocycles. The fourth-order valence-electron chi connectivity index (χ4n) is 2.71. The Hall–Kier alpha value is -0.570. The summed E-state index contributed by atoms with van der Waals surface area (Å²) in [6.45, 7) is 3.89. The topological polar surface area (TPSA) is 57.5 Å². The molecule has 0 radical (unpaired) electrons. The number of carbonyl (C=O) groups is 1. The Morgan fingerprint density at radius 3 is 2.53 bits per heavy atom. The minimum atomic E-state index is -1.49. The fourth-order valence-corrected chi connectivity index (χ4v) is 2.71. The van der Waals surface area contributed by atoms with E-state index < -0.39 is 11.6 Å². The predicted molar refractivity (Wildman–Crippen MR) is 58.6 cm³/mol. The summed E-state index contributed by atoms with van der Waals surface area (Å²) >= 11 is 0. The van der Waals surface area contributed by atoms with Crippen LogP contribution in [-0.2, 0) is 4.79 Å². The van der Waals surface area contributed by atoms with Crippen molar-refractivity contribution in [3.05, 3.63) is 0 Å². The Morgan fingerprint density at radius 2 is 2.07 bits per heavy atom. The summed E-state index contributed by atoms with van der Waals surface area (Å²) in [6, 6.07) is 0. The number of aliphatic carboxylic acids is 1. The van der Waals surface area contributed by atoms with Gasteiger partial charge in [0.1, 0.15) is 0 Å². The van der Waals surface area contributed by atoms with E-state index in [1.54, 1.807) is 6.92 Å². The van der Waals surface area contributed by atoms with Gasteiger partial charge in [-0.05, 0) is 31.1 Å². The van der Waals surface area contributed by atoms with E-state index in [9.17, 15) is 9.90 Å². The normalized spacial score (nSPS) is 30.9. The molecule has 3 atom stereocenters. The zero-order valence-corrected chi connectivity index (χ0v) is 9.70. The van der Waals surface area contributed by atoms with Crippen molar-refractivity contribution in [2.45, 2.75) is 58.0 Å². The maximum atomic E-state index is 11.1. The van der Waals surface area contributed by atoms with E-state index in [4.69, 9.17) is 5.11 Å². The first-order chi connectivity index (χ1) is 7.04. The minimum Gasteiger partial charge on any atom is -0.479 e. The van der Waals surface area contributed by atoms with Crippen molar-refractivity contribution in [2.24, 2.45) is 11.8 Å². The van der Waals surface area contributed by atoms with Gasteiger partial charge in [0.2, 0.25) is 0 Å². The Balaban J connectivity index is 2.72. The van der Waals surface area contributed by atoms with Crippen LogP contribution in [0.15, 0.2) is 0 Å². The molecule has 1 aliphatic rings. The van der Waals surface area contributed by atoms with Gasteiger partial charge in [0, 0.05) is 0 Å². The number of hydrogen-bond donors (Lipinski definition) is 2. The second-order valence-electron chi connectivity index (χ2n) is 4.72. The molecular weight excluding hydrogens is 192 g/mol. The van der Waals surface area contributed by atoms with E-state index in [1.165, 1.54) is 6.42 Å². The Morgan fingerprint density at radius 1 is 1.40 bits per heavy atom. The van der Waals surface area contributed by atoms with Gasteiger partial charge in [0.15, 0.2) is 5.60 Å². The Kier molecular flexibility index (Phi) is 4.14. The Bertz CT molecular complexity index is 227. The highest BCUT2D eigenvalue weighted by Gasteiger charge is 2.43. The van der Waals surface area contributed by atoms with E-state index in [0.717, 1.165) is 25.7 Å². The maximum Gasteiger partial charge on any atom is 0.335 e. The summed E-state index contributed by atoms with van der Waals surface area (Å²) in [5, 5.41) is 19.2. The van der Waals surface area contributed by atoms with Crippen LogP contribution in [0.1, 0.15) is 52.4 Å². The third-order valence-corrected chi connectivity index (χ3v) is 3.94. The second kappa shape index (κ2) is 4.97. The highest BCUT2D eigenvalue weighted by molar-refractivity contribution is 5.77. The lowest BCUT2D eigenvalue weighted by molar-refractivity contribution is -0.167. The lowest BCUT2D eigenvalue weighted by Gasteiger charge is -2.37. The fraction of sp³-hybridized carbons (Fsp3) is 0.917. The highest BCUT2D eigenvalue weighted by Crippen LogP contribution is 2.38. The smallest absolute Gasteiger partial charge is 0.335 e. The number of aliphatic hydroxyl groups is 1. The second-order valence-corrected chi connectivity index (χ2v) is 4.72. The van der Waals surface area contributed by atoms with Gasteiger partial charge in [0.25, 0.3) is 0 Å². The van der Waals surface area contributed by atoms with Gasteiger partial charge in [-0.25, -0.2) is 4.79 Å². The van der Waals surface area contributed by atoms with Crippen LogP contribution in [0.5, 0.6) is 0 Å². The summed E-state index contributed by atoms with van der Waals surface area (Å²) in [5.74, 6) is -0.508. The molecular formula is C12H22O3. The van der Waals surface area contributed by atoms with Crippen molar-refractivity contribution < 1.29 is 15.0 Å². The highest BCUT2D eigenvalue weighted by atomic mass is 16.4. The largest absolute Gasteiger partial charge is 0.479 e. The summed E-state index contributed by atoms with van der Waals surface area (Å²) in [4.78, 5) is 11.1. The molecule has 0 aliphatic heterocycles. The SMILES string of the molecule is CCC1CCCC(C(O)(CC)C(=O)O)C1. The van der Waals surface area contributed by atoms with Crippen molar-refractivity contribution >= 4 is 5.97 Å². The molecule has 1 fully saturated rings. The van der Waals surface area contributed by atoms with Gasteiger partial charge in [-0.15, -0.1) is 0 Å². The van der Waals surface area contributed by atoms with Gasteiger partial charge < -0.3 is 10.2 Å². The first-order valence-corrected chi connectivity index (χ1v) is 6.00. The molecule has 0 aromatic rings. The lowest BCUT2D eigenvalue weighted by Crippen LogP contribution is -2.47. The molecule has 0 amide bonds. The number of carboxylic acid groups (broad SMARTS) is 1. The average Bonchev–Trinajstić information content (AvgIpc) is 2.27. The molecule has 88 valence electrons. The molecule has 0 saturated heterocycles. The number of hydrogen-bond acceptors (Lipinski definition) is 2.